The molecule has 0 saturated heterocycles. The van der Waals surface area contributed by atoms with Crippen LogP contribution >= 0.6 is 31.9 Å². The summed E-state index contributed by atoms with van der Waals surface area (Å²) in [5.41, 5.74) is 1.65. The Kier molecular flexibility index (Phi) is 5.82. The molecule has 0 fully saturated rings. The number of hydrogen-bond acceptors (Lipinski definition) is 2. The molecule has 5 heteroatoms. The van der Waals surface area contributed by atoms with Crippen molar-refractivity contribution in [1.82, 2.24) is 5.32 Å². The molecule has 0 aliphatic heterocycles. The summed E-state index contributed by atoms with van der Waals surface area (Å²) in [5.74, 6) is 0.582. The molecule has 2 aromatic rings. The molecule has 0 spiro atoms. The molecule has 21 heavy (non-hydrogen) atoms. The van der Waals surface area contributed by atoms with Crippen LogP contribution in [0.4, 0.5) is 0 Å². The summed E-state index contributed by atoms with van der Waals surface area (Å²) < 4.78 is 5.92. The van der Waals surface area contributed by atoms with Crippen LogP contribution in [0.1, 0.15) is 22.0 Å². The van der Waals surface area contributed by atoms with Crippen molar-refractivity contribution in [3.05, 3.63) is 64.1 Å². The molecular weight excluding hydrogens is 398 g/mol. The highest BCUT2D eigenvalue weighted by molar-refractivity contribution is 9.10. The van der Waals surface area contributed by atoms with E-state index in [1.54, 1.807) is 25.3 Å². The number of rotatable bonds is 5. The van der Waals surface area contributed by atoms with Crippen molar-refractivity contribution in [3.63, 3.8) is 0 Å². The highest BCUT2D eigenvalue weighted by Gasteiger charge is 2.15. The van der Waals surface area contributed by atoms with Crippen molar-refractivity contribution in [2.45, 2.75) is 6.04 Å². The molecule has 1 amide bonds. The van der Waals surface area contributed by atoms with Gasteiger partial charge in [-0.05, 0) is 39.7 Å². The van der Waals surface area contributed by atoms with Gasteiger partial charge in [0.05, 0.1) is 17.6 Å². The van der Waals surface area contributed by atoms with Gasteiger partial charge in [-0.1, -0.05) is 46.3 Å². The largest absolute Gasteiger partial charge is 0.496 e. The molecule has 0 aliphatic rings. The number of amides is 1. The lowest BCUT2D eigenvalue weighted by Crippen LogP contribution is -2.29. The van der Waals surface area contributed by atoms with Gasteiger partial charge in [0.2, 0.25) is 0 Å². The molecule has 3 nitrogen and oxygen atoms in total. The molecule has 110 valence electrons. The highest BCUT2D eigenvalue weighted by atomic mass is 79.9. The third-order valence-corrected chi connectivity index (χ3v) is 4.34. The summed E-state index contributed by atoms with van der Waals surface area (Å²) in [4.78, 5) is 12.3. The van der Waals surface area contributed by atoms with Crippen molar-refractivity contribution in [2.75, 3.05) is 12.4 Å². The Balaban J connectivity index is 2.15. The van der Waals surface area contributed by atoms with E-state index in [0.717, 1.165) is 10.0 Å². The minimum Gasteiger partial charge on any atom is -0.496 e. The Morgan fingerprint density at radius 3 is 2.52 bits per heavy atom. The Labute approximate surface area is 141 Å². The number of benzene rings is 2. The van der Waals surface area contributed by atoms with Gasteiger partial charge in [0.1, 0.15) is 5.75 Å². The molecule has 0 aliphatic carbocycles. The summed E-state index contributed by atoms with van der Waals surface area (Å²) in [6, 6.07) is 15.1. The third-order valence-electron chi connectivity index (χ3n) is 3.08. The van der Waals surface area contributed by atoms with Gasteiger partial charge >= 0.3 is 0 Å². The van der Waals surface area contributed by atoms with Crippen LogP contribution in [0.15, 0.2) is 53.0 Å². The van der Waals surface area contributed by atoms with Gasteiger partial charge in [0, 0.05) is 10.9 Å². The first-order valence-corrected chi connectivity index (χ1v) is 8.32. The topological polar surface area (TPSA) is 38.3 Å². The van der Waals surface area contributed by atoms with Gasteiger partial charge in [-0.15, -0.1) is 0 Å². The number of methoxy groups -OCH3 is 1. The Morgan fingerprint density at radius 1 is 1.24 bits per heavy atom. The maximum atomic E-state index is 12.3. The molecule has 1 atom stereocenters. The van der Waals surface area contributed by atoms with E-state index in [1.807, 2.05) is 30.3 Å². The zero-order chi connectivity index (χ0) is 15.2. The SMILES string of the molecule is COc1ccc(C(=O)NC(CBr)c2ccccc2)cc1Br. The van der Waals surface area contributed by atoms with Crippen LogP contribution in [-0.2, 0) is 0 Å². The van der Waals surface area contributed by atoms with Crippen LogP contribution in [0.3, 0.4) is 0 Å². The molecule has 0 heterocycles. The smallest absolute Gasteiger partial charge is 0.251 e. The van der Waals surface area contributed by atoms with E-state index in [9.17, 15) is 4.79 Å². The molecule has 1 N–H and O–H groups in total. The number of hydrogen-bond donors (Lipinski definition) is 1. The molecule has 2 rings (SSSR count). The fourth-order valence-corrected chi connectivity index (χ4v) is 3.02. The molecule has 0 aromatic heterocycles. The van der Waals surface area contributed by atoms with Crippen molar-refractivity contribution in [1.29, 1.82) is 0 Å². The second-order valence-electron chi connectivity index (χ2n) is 4.44. The molecular formula is C16H15Br2NO2. The van der Waals surface area contributed by atoms with Crippen molar-refractivity contribution in [2.24, 2.45) is 0 Å². The van der Waals surface area contributed by atoms with Crippen LogP contribution in [0.25, 0.3) is 0 Å². The minimum atomic E-state index is -0.119. The van der Waals surface area contributed by atoms with Gasteiger partial charge in [0.15, 0.2) is 0 Å². The lowest BCUT2D eigenvalue weighted by atomic mass is 10.1. The summed E-state index contributed by atoms with van der Waals surface area (Å²) >= 11 is 6.84. The number of ether oxygens (including phenoxy) is 1. The fourth-order valence-electron chi connectivity index (χ4n) is 1.95. The molecule has 0 saturated carbocycles. The number of alkyl halides is 1. The van der Waals surface area contributed by atoms with E-state index in [-0.39, 0.29) is 11.9 Å². The standard InChI is InChI=1S/C16H15Br2NO2/c1-21-15-8-7-12(9-13(15)18)16(20)19-14(10-17)11-5-3-2-4-6-11/h2-9,14H,10H2,1H3,(H,19,20). The number of carbonyl (C=O) groups is 1. The zero-order valence-electron chi connectivity index (χ0n) is 11.5. The first-order chi connectivity index (χ1) is 10.2. The van der Waals surface area contributed by atoms with E-state index in [2.05, 4.69) is 37.2 Å². The summed E-state index contributed by atoms with van der Waals surface area (Å²) in [6.45, 7) is 0. The van der Waals surface area contributed by atoms with Gasteiger partial charge < -0.3 is 10.1 Å². The highest BCUT2D eigenvalue weighted by Crippen LogP contribution is 2.26. The molecule has 0 bridgehead atoms. The van der Waals surface area contributed by atoms with Gasteiger partial charge in [0.25, 0.3) is 5.91 Å². The molecule has 2 aromatic carbocycles. The second-order valence-corrected chi connectivity index (χ2v) is 5.94. The molecule has 0 radical (unpaired) electrons. The Morgan fingerprint density at radius 2 is 1.95 bits per heavy atom. The minimum absolute atomic E-state index is 0.0698. The van der Waals surface area contributed by atoms with E-state index >= 15 is 0 Å². The van der Waals surface area contributed by atoms with Gasteiger partial charge in [-0.25, -0.2) is 0 Å². The average Bonchev–Trinajstić information content (AvgIpc) is 2.53. The van der Waals surface area contributed by atoms with Gasteiger partial charge in [-0.2, -0.15) is 0 Å². The summed E-state index contributed by atoms with van der Waals surface area (Å²) in [6.07, 6.45) is 0. The number of nitrogens with one attached hydrogen (secondary N) is 1. The van der Waals surface area contributed by atoms with Crippen LogP contribution in [-0.4, -0.2) is 18.3 Å². The van der Waals surface area contributed by atoms with E-state index in [1.165, 1.54) is 0 Å². The molecule has 1 unspecified atom stereocenters. The van der Waals surface area contributed by atoms with E-state index < -0.39 is 0 Å². The third kappa shape index (κ3) is 4.08. The van der Waals surface area contributed by atoms with Gasteiger partial charge in [-0.3, -0.25) is 4.79 Å². The number of halogens is 2. The predicted octanol–water partition coefficient (Wildman–Crippen LogP) is 4.32. The monoisotopic (exact) mass is 411 g/mol. The van der Waals surface area contributed by atoms with Crippen molar-refractivity contribution in [3.8, 4) is 5.75 Å². The normalized spacial score (nSPS) is 11.8. The average molecular weight is 413 g/mol. The Bertz CT molecular complexity index is 617. The summed E-state index contributed by atoms with van der Waals surface area (Å²) in [5, 5.41) is 3.67. The fraction of sp³-hybridized carbons (Fsp3) is 0.188. The van der Waals surface area contributed by atoms with Crippen LogP contribution in [0, 0.1) is 0 Å². The lowest BCUT2D eigenvalue weighted by Gasteiger charge is -2.17. The quantitative estimate of drug-likeness (QED) is 0.742. The summed E-state index contributed by atoms with van der Waals surface area (Å²) in [7, 11) is 1.59. The van der Waals surface area contributed by atoms with Crippen molar-refractivity contribution >= 4 is 37.8 Å². The Hall–Kier alpha value is -1.33. The zero-order valence-corrected chi connectivity index (χ0v) is 14.6. The number of carbonyl (C=O) groups excluding carboxylic acids is 1. The van der Waals surface area contributed by atoms with Crippen LogP contribution < -0.4 is 10.1 Å². The van der Waals surface area contributed by atoms with E-state index in [0.29, 0.717) is 16.6 Å². The first kappa shape index (κ1) is 16.0. The van der Waals surface area contributed by atoms with Crippen LogP contribution in [0.2, 0.25) is 0 Å². The predicted molar refractivity (Wildman–Crippen MR) is 91.1 cm³/mol. The maximum absolute atomic E-state index is 12.3. The maximum Gasteiger partial charge on any atom is 0.251 e. The second kappa shape index (κ2) is 7.61. The van der Waals surface area contributed by atoms with Crippen molar-refractivity contribution < 1.29 is 9.53 Å². The first-order valence-electron chi connectivity index (χ1n) is 6.41. The van der Waals surface area contributed by atoms with E-state index in [4.69, 9.17) is 4.74 Å². The lowest BCUT2D eigenvalue weighted by molar-refractivity contribution is 0.0940. The van der Waals surface area contributed by atoms with Crippen LogP contribution in [0.5, 0.6) is 5.75 Å².